The van der Waals surface area contributed by atoms with E-state index in [1.165, 1.54) is 0 Å². The standard InChI is InChI=1S/C12H23NO2S/c1-11(2,3)10(15)8(7-9(14)16)13-12(4,5)6/h8,13H,7H2,1-6H3,(H,14,16)/t8-/m0/s1. The summed E-state index contributed by atoms with van der Waals surface area (Å²) in [6.07, 6.45) is 0.135. The third-order valence-electron chi connectivity index (χ3n) is 2.04. The molecule has 0 aliphatic carbocycles. The molecule has 0 saturated heterocycles. The molecule has 94 valence electrons. The highest BCUT2D eigenvalue weighted by molar-refractivity contribution is 7.96. The van der Waals surface area contributed by atoms with Crippen molar-refractivity contribution in [1.29, 1.82) is 0 Å². The van der Waals surface area contributed by atoms with Crippen LogP contribution in [0, 0.1) is 5.41 Å². The minimum Gasteiger partial charge on any atom is -0.302 e. The van der Waals surface area contributed by atoms with E-state index in [-0.39, 0.29) is 22.9 Å². The summed E-state index contributed by atoms with van der Waals surface area (Å²) in [5.74, 6) is 0.0461. The molecule has 0 heterocycles. The van der Waals surface area contributed by atoms with E-state index in [9.17, 15) is 9.59 Å². The lowest BCUT2D eigenvalue weighted by Crippen LogP contribution is -2.51. The molecule has 1 N–H and O–H groups in total. The zero-order chi connectivity index (χ0) is 13.1. The summed E-state index contributed by atoms with van der Waals surface area (Å²) in [6, 6.07) is -0.454. The lowest BCUT2D eigenvalue weighted by atomic mass is 9.84. The fourth-order valence-corrected chi connectivity index (χ4v) is 1.61. The van der Waals surface area contributed by atoms with Crippen molar-refractivity contribution in [1.82, 2.24) is 5.32 Å². The van der Waals surface area contributed by atoms with Crippen molar-refractivity contribution in [2.75, 3.05) is 0 Å². The number of nitrogens with one attached hydrogen (secondary N) is 1. The number of carbonyl (C=O) groups is 2. The van der Waals surface area contributed by atoms with E-state index in [0.717, 1.165) is 0 Å². The van der Waals surface area contributed by atoms with Gasteiger partial charge in [0.15, 0.2) is 10.9 Å². The highest BCUT2D eigenvalue weighted by Crippen LogP contribution is 2.20. The highest BCUT2D eigenvalue weighted by atomic mass is 32.1. The Balaban J connectivity index is 4.81. The molecular weight excluding hydrogens is 222 g/mol. The summed E-state index contributed by atoms with van der Waals surface area (Å²) >= 11 is 3.75. The maximum absolute atomic E-state index is 12.1. The molecule has 0 rings (SSSR count). The number of carbonyl (C=O) groups excluding carboxylic acids is 2. The Bertz CT molecular complexity index is 274. The Morgan fingerprint density at radius 3 is 1.81 bits per heavy atom. The normalized spacial score (nSPS) is 14.7. The lowest BCUT2D eigenvalue weighted by Gasteiger charge is -2.31. The maximum Gasteiger partial charge on any atom is 0.187 e. The smallest absolute Gasteiger partial charge is 0.187 e. The predicted molar refractivity (Wildman–Crippen MR) is 69.7 cm³/mol. The molecule has 4 heteroatoms. The molecule has 0 aliphatic rings. The minimum absolute atomic E-state index is 0.0461. The number of hydrogen-bond donors (Lipinski definition) is 2. The molecule has 0 spiro atoms. The SMILES string of the molecule is CC(C)(C)N[C@@H](CC(=O)S)C(=O)C(C)(C)C. The second-order valence-electron chi connectivity index (χ2n) is 6.16. The van der Waals surface area contributed by atoms with Crippen molar-refractivity contribution in [3.05, 3.63) is 0 Å². The number of thiol groups is 1. The van der Waals surface area contributed by atoms with E-state index in [1.54, 1.807) is 0 Å². The van der Waals surface area contributed by atoms with Crippen molar-refractivity contribution >= 4 is 23.5 Å². The summed E-state index contributed by atoms with van der Waals surface area (Å²) in [4.78, 5) is 23.2. The monoisotopic (exact) mass is 245 g/mol. The first-order valence-electron chi connectivity index (χ1n) is 5.47. The van der Waals surface area contributed by atoms with Crippen LogP contribution in [0.25, 0.3) is 0 Å². The van der Waals surface area contributed by atoms with Crippen molar-refractivity contribution in [2.24, 2.45) is 5.41 Å². The number of rotatable bonds is 4. The summed E-state index contributed by atoms with van der Waals surface area (Å²) in [7, 11) is 0. The van der Waals surface area contributed by atoms with Gasteiger partial charge in [-0.15, -0.1) is 12.6 Å². The van der Waals surface area contributed by atoms with E-state index in [2.05, 4.69) is 17.9 Å². The first-order chi connectivity index (χ1) is 6.93. The van der Waals surface area contributed by atoms with Gasteiger partial charge in [0.05, 0.1) is 6.04 Å². The van der Waals surface area contributed by atoms with Crippen LogP contribution in [-0.4, -0.2) is 22.5 Å². The molecule has 3 nitrogen and oxygen atoms in total. The van der Waals surface area contributed by atoms with Crippen molar-refractivity contribution in [3.8, 4) is 0 Å². The Hall–Kier alpha value is -0.350. The second kappa shape index (κ2) is 5.32. The van der Waals surface area contributed by atoms with Gasteiger partial charge in [-0.3, -0.25) is 9.59 Å². The van der Waals surface area contributed by atoms with E-state index < -0.39 is 11.5 Å². The molecule has 0 fully saturated rings. The molecule has 0 aliphatic heterocycles. The fraction of sp³-hybridized carbons (Fsp3) is 0.833. The number of hydrogen-bond acceptors (Lipinski definition) is 3. The lowest BCUT2D eigenvalue weighted by molar-refractivity contribution is -0.130. The van der Waals surface area contributed by atoms with Crippen LogP contribution in [0.2, 0.25) is 0 Å². The third kappa shape index (κ3) is 6.28. The molecule has 0 aromatic carbocycles. The van der Waals surface area contributed by atoms with Gasteiger partial charge < -0.3 is 5.32 Å². The second-order valence-corrected chi connectivity index (χ2v) is 6.66. The Morgan fingerprint density at radius 2 is 1.56 bits per heavy atom. The predicted octanol–water partition coefficient (Wildman–Crippen LogP) is 2.20. The zero-order valence-electron chi connectivity index (χ0n) is 11.0. The first-order valence-corrected chi connectivity index (χ1v) is 5.92. The van der Waals surface area contributed by atoms with Gasteiger partial charge in [-0.05, 0) is 20.8 Å². The molecule has 16 heavy (non-hydrogen) atoms. The summed E-state index contributed by atoms with van der Waals surface area (Å²) in [6.45, 7) is 11.5. The first kappa shape index (κ1) is 15.7. The van der Waals surface area contributed by atoms with Crippen LogP contribution in [0.5, 0.6) is 0 Å². The third-order valence-corrected chi connectivity index (χ3v) is 2.22. The summed E-state index contributed by atoms with van der Waals surface area (Å²) < 4.78 is 0. The Kier molecular flexibility index (Phi) is 5.20. The van der Waals surface area contributed by atoms with Gasteiger partial charge in [0.2, 0.25) is 0 Å². The quantitative estimate of drug-likeness (QED) is 0.746. The average Bonchev–Trinajstić information content (AvgIpc) is 1.96. The number of Topliss-reactive ketones (excluding diaryl/α,β-unsaturated/α-hetero) is 1. The van der Waals surface area contributed by atoms with Crippen LogP contribution < -0.4 is 5.32 Å². The van der Waals surface area contributed by atoms with Crippen molar-refractivity contribution in [2.45, 2.75) is 59.5 Å². The largest absolute Gasteiger partial charge is 0.302 e. The molecule has 0 radical (unpaired) electrons. The van der Waals surface area contributed by atoms with Crippen LogP contribution in [0.15, 0.2) is 0 Å². The van der Waals surface area contributed by atoms with Crippen LogP contribution in [0.4, 0.5) is 0 Å². The Labute approximate surface area is 104 Å². The fourth-order valence-electron chi connectivity index (χ4n) is 1.43. The van der Waals surface area contributed by atoms with Gasteiger partial charge in [-0.1, -0.05) is 20.8 Å². The molecular formula is C12H23NO2S. The van der Waals surface area contributed by atoms with Gasteiger partial charge in [-0.2, -0.15) is 0 Å². The summed E-state index contributed by atoms with van der Waals surface area (Å²) in [5.41, 5.74) is -0.652. The van der Waals surface area contributed by atoms with Crippen LogP contribution >= 0.6 is 12.6 Å². The molecule has 0 unspecified atom stereocenters. The van der Waals surface area contributed by atoms with E-state index in [1.807, 2.05) is 41.5 Å². The minimum atomic E-state index is -0.454. The van der Waals surface area contributed by atoms with E-state index in [0.29, 0.717) is 0 Å². The van der Waals surface area contributed by atoms with Gasteiger partial charge in [-0.25, -0.2) is 0 Å². The molecule has 0 saturated carbocycles. The maximum atomic E-state index is 12.1. The zero-order valence-corrected chi connectivity index (χ0v) is 11.9. The van der Waals surface area contributed by atoms with Crippen LogP contribution in [0.1, 0.15) is 48.0 Å². The number of ketones is 1. The molecule has 0 amide bonds. The Morgan fingerprint density at radius 1 is 1.12 bits per heavy atom. The van der Waals surface area contributed by atoms with Gasteiger partial charge in [0.25, 0.3) is 0 Å². The topological polar surface area (TPSA) is 46.2 Å². The molecule has 0 aromatic rings. The average molecular weight is 245 g/mol. The van der Waals surface area contributed by atoms with Gasteiger partial charge in [0.1, 0.15) is 0 Å². The van der Waals surface area contributed by atoms with Crippen LogP contribution in [-0.2, 0) is 9.59 Å². The van der Waals surface area contributed by atoms with E-state index in [4.69, 9.17) is 0 Å². The molecule has 0 aromatic heterocycles. The van der Waals surface area contributed by atoms with E-state index >= 15 is 0 Å². The van der Waals surface area contributed by atoms with Crippen molar-refractivity contribution < 1.29 is 9.59 Å². The molecule has 1 atom stereocenters. The highest BCUT2D eigenvalue weighted by Gasteiger charge is 2.32. The molecule has 0 bridgehead atoms. The van der Waals surface area contributed by atoms with Gasteiger partial charge >= 0.3 is 0 Å². The van der Waals surface area contributed by atoms with Crippen LogP contribution in [0.3, 0.4) is 0 Å². The van der Waals surface area contributed by atoms with Gasteiger partial charge in [0, 0.05) is 17.4 Å². The summed E-state index contributed by atoms with van der Waals surface area (Å²) in [5, 5.41) is 2.91. The van der Waals surface area contributed by atoms with Crippen molar-refractivity contribution in [3.63, 3.8) is 0 Å².